The van der Waals surface area contributed by atoms with Gasteiger partial charge < -0.3 is 4.74 Å². The van der Waals surface area contributed by atoms with Crippen LogP contribution in [0.2, 0.25) is 0 Å². The van der Waals surface area contributed by atoms with Crippen LogP contribution < -0.4 is 4.74 Å². The molecule has 4 nitrogen and oxygen atoms in total. The Morgan fingerprint density at radius 2 is 0.860 bits per heavy atom. The number of aromatic nitrogens is 3. The van der Waals surface area contributed by atoms with Gasteiger partial charge in [0, 0.05) is 28.2 Å². The van der Waals surface area contributed by atoms with Crippen molar-refractivity contribution in [2.75, 3.05) is 0 Å². The molecule has 1 aliphatic heterocycles. The maximum absolute atomic E-state index is 6.24. The van der Waals surface area contributed by atoms with Gasteiger partial charge in [0.25, 0.3) is 0 Å². The van der Waals surface area contributed by atoms with Crippen molar-refractivity contribution in [1.82, 2.24) is 15.0 Å². The Hall–Kier alpha value is -5.61. The van der Waals surface area contributed by atoms with Gasteiger partial charge in [-0.25, -0.2) is 15.0 Å². The highest BCUT2D eigenvalue weighted by atomic mass is 16.5. The lowest BCUT2D eigenvalue weighted by Crippen LogP contribution is -2.15. The fourth-order valence-corrected chi connectivity index (χ4v) is 5.82. The molecule has 2 heterocycles. The van der Waals surface area contributed by atoms with Crippen LogP contribution in [0.4, 0.5) is 0 Å². The minimum atomic E-state index is 0.0870. The Kier molecular flexibility index (Phi) is 6.23. The molecule has 2 unspecified atom stereocenters. The Morgan fingerprint density at radius 1 is 0.419 bits per heavy atom. The molecule has 0 radical (unpaired) electrons. The van der Waals surface area contributed by atoms with E-state index in [2.05, 4.69) is 115 Å². The number of fused-ring (bicyclic) bond motifs is 3. The highest BCUT2D eigenvalue weighted by molar-refractivity contribution is 5.73. The summed E-state index contributed by atoms with van der Waals surface area (Å²) in [5.41, 5.74) is 8.65. The van der Waals surface area contributed by atoms with Gasteiger partial charge in [-0.2, -0.15) is 0 Å². The van der Waals surface area contributed by atoms with Crippen molar-refractivity contribution < 1.29 is 4.74 Å². The second-order valence-electron chi connectivity index (χ2n) is 10.8. The summed E-state index contributed by atoms with van der Waals surface area (Å²) in [6.45, 7) is 0. The van der Waals surface area contributed by atoms with E-state index in [4.69, 9.17) is 19.7 Å². The number of hydrogen-bond acceptors (Lipinski definition) is 4. The minimum Gasteiger partial charge on any atom is -0.485 e. The van der Waals surface area contributed by atoms with E-state index >= 15 is 0 Å². The Morgan fingerprint density at radius 3 is 1.47 bits per heavy atom. The third kappa shape index (κ3) is 4.83. The molecule has 0 fully saturated rings. The summed E-state index contributed by atoms with van der Waals surface area (Å²) in [5, 5.41) is 0. The van der Waals surface area contributed by atoms with Gasteiger partial charge in [0.05, 0.1) is 0 Å². The summed E-state index contributed by atoms with van der Waals surface area (Å²) in [7, 11) is 0. The minimum absolute atomic E-state index is 0.0870. The summed E-state index contributed by atoms with van der Waals surface area (Å²) in [5.74, 6) is 3.19. The van der Waals surface area contributed by atoms with E-state index in [9.17, 15) is 0 Å². The van der Waals surface area contributed by atoms with Crippen LogP contribution in [0.1, 0.15) is 11.5 Å². The zero-order valence-corrected chi connectivity index (χ0v) is 23.3. The van der Waals surface area contributed by atoms with Crippen LogP contribution in [0.15, 0.2) is 152 Å². The molecule has 0 N–H and O–H groups in total. The molecule has 8 rings (SSSR count). The molecule has 4 heteroatoms. The molecular formula is C39H27N3O. The predicted octanol–water partition coefficient (Wildman–Crippen LogP) is 9.18. The van der Waals surface area contributed by atoms with Crippen molar-refractivity contribution in [2.24, 2.45) is 0 Å². The molecule has 1 aliphatic carbocycles. The van der Waals surface area contributed by atoms with Gasteiger partial charge >= 0.3 is 0 Å². The van der Waals surface area contributed by atoms with E-state index in [1.807, 2.05) is 36.4 Å². The molecule has 0 amide bonds. The summed E-state index contributed by atoms with van der Waals surface area (Å²) < 4.78 is 6.24. The summed E-state index contributed by atoms with van der Waals surface area (Å²) in [4.78, 5) is 14.7. The van der Waals surface area contributed by atoms with Crippen molar-refractivity contribution in [2.45, 2.75) is 12.0 Å². The topological polar surface area (TPSA) is 47.9 Å². The zero-order valence-electron chi connectivity index (χ0n) is 23.3. The van der Waals surface area contributed by atoms with Crippen molar-refractivity contribution in [3.8, 4) is 62.2 Å². The van der Waals surface area contributed by atoms with Gasteiger partial charge in [-0.3, -0.25) is 0 Å². The average Bonchev–Trinajstić information content (AvgIpc) is 3.47. The maximum atomic E-state index is 6.24. The van der Waals surface area contributed by atoms with E-state index < -0.39 is 0 Å². The first-order valence-corrected chi connectivity index (χ1v) is 14.5. The predicted molar refractivity (Wildman–Crippen MR) is 172 cm³/mol. The van der Waals surface area contributed by atoms with Gasteiger partial charge in [0.1, 0.15) is 11.9 Å². The lowest BCUT2D eigenvalue weighted by Gasteiger charge is -2.13. The molecule has 0 saturated carbocycles. The Labute approximate surface area is 250 Å². The second-order valence-corrected chi connectivity index (χ2v) is 10.8. The zero-order chi connectivity index (χ0) is 28.6. The van der Waals surface area contributed by atoms with Crippen LogP contribution >= 0.6 is 0 Å². The standard InChI is InChI=1S/C39H27N3O/c1-3-9-26(10-4-1)27-15-19-30(20-16-27)38-40-37(29-11-5-2-6-12-29)41-39(42-38)31-21-17-28(18-22-31)32-23-24-34-33-13-7-8-14-35(33)43-36(34)25-32/h1-25,33,35H. The highest BCUT2D eigenvalue weighted by Gasteiger charge is 2.32. The molecule has 5 aromatic carbocycles. The van der Waals surface area contributed by atoms with Crippen molar-refractivity contribution >= 4 is 0 Å². The van der Waals surface area contributed by atoms with Crippen LogP contribution in [0.25, 0.3) is 56.4 Å². The normalized spacial score (nSPS) is 16.4. The number of ether oxygens (including phenoxy) is 1. The fraction of sp³-hybridized carbons (Fsp3) is 0.0513. The first-order valence-electron chi connectivity index (χ1n) is 14.5. The first-order chi connectivity index (χ1) is 21.3. The van der Waals surface area contributed by atoms with Crippen LogP contribution in [-0.2, 0) is 0 Å². The molecule has 2 aliphatic rings. The average molecular weight is 554 g/mol. The van der Waals surface area contributed by atoms with E-state index in [-0.39, 0.29) is 6.10 Å². The number of benzene rings is 5. The summed E-state index contributed by atoms with van der Waals surface area (Å²) in [6, 6.07) is 43.8. The molecular weight excluding hydrogens is 526 g/mol. The molecule has 1 aromatic heterocycles. The van der Waals surface area contributed by atoms with E-state index in [1.165, 1.54) is 11.1 Å². The largest absolute Gasteiger partial charge is 0.485 e. The number of allylic oxidation sites excluding steroid dienone is 2. The van der Waals surface area contributed by atoms with Gasteiger partial charge in [-0.15, -0.1) is 0 Å². The van der Waals surface area contributed by atoms with E-state index in [0.29, 0.717) is 23.4 Å². The van der Waals surface area contributed by atoms with Crippen molar-refractivity contribution in [3.63, 3.8) is 0 Å². The molecule has 43 heavy (non-hydrogen) atoms. The lowest BCUT2D eigenvalue weighted by atomic mass is 9.91. The first kappa shape index (κ1) is 25.1. The molecule has 2 atom stereocenters. The third-order valence-electron chi connectivity index (χ3n) is 8.11. The smallest absolute Gasteiger partial charge is 0.164 e. The second kappa shape index (κ2) is 10.7. The number of rotatable bonds is 5. The summed E-state index contributed by atoms with van der Waals surface area (Å²) >= 11 is 0. The highest BCUT2D eigenvalue weighted by Crippen LogP contribution is 2.43. The van der Waals surface area contributed by atoms with Gasteiger partial charge in [0.2, 0.25) is 0 Å². The fourth-order valence-electron chi connectivity index (χ4n) is 5.82. The lowest BCUT2D eigenvalue weighted by molar-refractivity contribution is 0.269. The van der Waals surface area contributed by atoms with Crippen LogP contribution in [0.3, 0.4) is 0 Å². The molecule has 0 spiro atoms. The SMILES string of the molecule is C1=CC2Oc3cc(-c4ccc(-c5nc(-c6ccccc6)nc(-c6ccc(-c7ccccc7)cc6)n5)cc4)ccc3C2C=C1. The Balaban J connectivity index is 1.14. The maximum Gasteiger partial charge on any atom is 0.164 e. The molecule has 0 bridgehead atoms. The quantitative estimate of drug-likeness (QED) is 0.214. The Bertz CT molecular complexity index is 1980. The number of nitrogens with zero attached hydrogens (tertiary/aromatic N) is 3. The monoisotopic (exact) mass is 553 g/mol. The number of hydrogen-bond donors (Lipinski definition) is 0. The molecule has 204 valence electrons. The van der Waals surface area contributed by atoms with Crippen LogP contribution in [0, 0.1) is 0 Å². The van der Waals surface area contributed by atoms with E-state index in [1.54, 1.807) is 0 Å². The van der Waals surface area contributed by atoms with Crippen LogP contribution in [0.5, 0.6) is 5.75 Å². The molecule has 0 saturated heterocycles. The van der Waals surface area contributed by atoms with Crippen molar-refractivity contribution in [1.29, 1.82) is 0 Å². The van der Waals surface area contributed by atoms with Gasteiger partial charge in [0.15, 0.2) is 17.5 Å². The van der Waals surface area contributed by atoms with Gasteiger partial charge in [-0.05, 0) is 34.4 Å². The summed E-state index contributed by atoms with van der Waals surface area (Å²) in [6.07, 6.45) is 8.59. The van der Waals surface area contributed by atoms with Crippen LogP contribution in [-0.4, -0.2) is 21.1 Å². The van der Waals surface area contributed by atoms with E-state index in [0.717, 1.165) is 39.1 Å². The third-order valence-corrected chi connectivity index (χ3v) is 8.11. The van der Waals surface area contributed by atoms with Gasteiger partial charge in [-0.1, -0.05) is 140 Å². The molecule has 6 aromatic rings. The van der Waals surface area contributed by atoms with Crippen molar-refractivity contribution in [3.05, 3.63) is 157 Å².